The highest BCUT2D eigenvalue weighted by Gasteiger charge is 2.13. The molecule has 2 aromatic carbocycles. The summed E-state index contributed by atoms with van der Waals surface area (Å²) in [5, 5.41) is 11.2. The van der Waals surface area contributed by atoms with Crippen LogP contribution in [0.3, 0.4) is 0 Å². The van der Waals surface area contributed by atoms with Crippen LogP contribution in [0.2, 0.25) is 0 Å². The molecule has 1 fully saturated rings. The molecule has 0 radical (unpaired) electrons. The summed E-state index contributed by atoms with van der Waals surface area (Å²) >= 11 is 0. The van der Waals surface area contributed by atoms with Crippen LogP contribution in [0.5, 0.6) is 0 Å². The van der Waals surface area contributed by atoms with Gasteiger partial charge in [0.05, 0.1) is 12.7 Å². The van der Waals surface area contributed by atoms with Crippen molar-refractivity contribution in [2.75, 3.05) is 13.1 Å². The Balaban J connectivity index is 1.29. The summed E-state index contributed by atoms with van der Waals surface area (Å²) in [5.41, 5.74) is 4.27. The average Bonchev–Trinajstić information content (AvgIpc) is 3.44. The lowest BCUT2D eigenvalue weighted by Gasteiger charge is -2.17. The highest BCUT2D eigenvalue weighted by molar-refractivity contribution is 5.91. The number of carbonyl (C=O) groups excluding carboxylic acids is 1. The average molecular weight is 402 g/mol. The molecule has 0 spiro atoms. The van der Waals surface area contributed by atoms with Crippen LogP contribution in [0.15, 0.2) is 66.9 Å². The van der Waals surface area contributed by atoms with E-state index in [1.54, 1.807) is 10.8 Å². The highest BCUT2D eigenvalue weighted by Crippen LogP contribution is 2.16. The van der Waals surface area contributed by atoms with E-state index in [9.17, 15) is 4.79 Å². The second-order valence-corrected chi connectivity index (χ2v) is 7.63. The molecule has 0 aliphatic carbocycles. The first-order valence-electron chi connectivity index (χ1n) is 10.5. The quantitative estimate of drug-likeness (QED) is 0.589. The van der Waals surface area contributed by atoms with Gasteiger partial charge in [0.2, 0.25) is 5.91 Å². The summed E-state index contributed by atoms with van der Waals surface area (Å²) in [6, 6.07) is 18.4. The number of carbonyl (C=O) groups is 1. The SMILES string of the molecule is O=C(/C=C/c1cn(Cc2ccccc2)nn1)NCc1ccccc1CN1CCCC1. The van der Waals surface area contributed by atoms with Crippen LogP contribution in [-0.4, -0.2) is 38.9 Å². The Kier molecular flexibility index (Phi) is 6.67. The standard InChI is InChI=1S/C24H27N5O/c30-24(13-12-23-19-29(27-26-23)17-20-8-2-1-3-9-20)25-16-21-10-4-5-11-22(21)18-28-14-6-7-15-28/h1-5,8-13,19H,6-7,14-18H2,(H,25,30)/b13-12+. The molecule has 30 heavy (non-hydrogen) atoms. The molecule has 1 amide bonds. The Bertz CT molecular complexity index is 990. The van der Waals surface area contributed by atoms with Crippen LogP contribution in [-0.2, 0) is 24.4 Å². The van der Waals surface area contributed by atoms with Crippen molar-refractivity contribution in [2.24, 2.45) is 0 Å². The zero-order chi connectivity index (χ0) is 20.6. The number of rotatable bonds is 8. The molecule has 0 unspecified atom stereocenters. The van der Waals surface area contributed by atoms with Crippen molar-refractivity contribution in [3.63, 3.8) is 0 Å². The topological polar surface area (TPSA) is 63.1 Å². The molecule has 1 aromatic heterocycles. The van der Waals surface area contributed by atoms with Crippen LogP contribution < -0.4 is 5.32 Å². The van der Waals surface area contributed by atoms with E-state index in [-0.39, 0.29) is 5.91 Å². The Labute approximate surface area is 177 Å². The number of nitrogens with one attached hydrogen (secondary N) is 1. The minimum absolute atomic E-state index is 0.136. The number of nitrogens with zero attached hydrogens (tertiary/aromatic N) is 4. The fourth-order valence-corrected chi connectivity index (χ4v) is 3.71. The molecule has 154 valence electrons. The van der Waals surface area contributed by atoms with Crippen molar-refractivity contribution < 1.29 is 4.79 Å². The third-order valence-electron chi connectivity index (χ3n) is 5.31. The van der Waals surface area contributed by atoms with Crippen LogP contribution in [0.25, 0.3) is 6.08 Å². The van der Waals surface area contributed by atoms with Crippen LogP contribution in [0, 0.1) is 0 Å². The second kappa shape index (κ2) is 9.98. The van der Waals surface area contributed by atoms with Crippen molar-refractivity contribution in [1.29, 1.82) is 0 Å². The minimum atomic E-state index is -0.136. The molecule has 3 aromatic rings. The Morgan fingerprint density at radius 2 is 1.70 bits per heavy atom. The summed E-state index contributed by atoms with van der Waals surface area (Å²) in [4.78, 5) is 14.8. The van der Waals surface area contributed by atoms with Gasteiger partial charge in [0, 0.05) is 19.2 Å². The summed E-state index contributed by atoms with van der Waals surface area (Å²) in [7, 11) is 0. The number of amides is 1. The summed E-state index contributed by atoms with van der Waals surface area (Å²) in [6.07, 6.45) is 7.60. The predicted molar refractivity (Wildman–Crippen MR) is 117 cm³/mol. The van der Waals surface area contributed by atoms with Gasteiger partial charge in [-0.05, 0) is 48.7 Å². The van der Waals surface area contributed by atoms with E-state index in [1.807, 2.05) is 42.6 Å². The smallest absolute Gasteiger partial charge is 0.244 e. The minimum Gasteiger partial charge on any atom is -0.348 e. The van der Waals surface area contributed by atoms with E-state index in [4.69, 9.17) is 0 Å². The molecule has 4 rings (SSSR count). The van der Waals surface area contributed by atoms with Crippen LogP contribution >= 0.6 is 0 Å². The number of hydrogen-bond donors (Lipinski definition) is 1. The first-order chi connectivity index (χ1) is 14.8. The van der Waals surface area contributed by atoms with Crippen molar-refractivity contribution in [3.8, 4) is 0 Å². The van der Waals surface area contributed by atoms with E-state index in [0.29, 0.717) is 18.8 Å². The van der Waals surface area contributed by atoms with Gasteiger partial charge >= 0.3 is 0 Å². The van der Waals surface area contributed by atoms with Crippen molar-refractivity contribution in [2.45, 2.75) is 32.5 Å². The lowest BCUT2D eigenvalue weighted by molar-refractivity contribution is -0.116. The maximum Gasteiger partial charge on any atom is 0.244 e. The van der Waals surface area contributed by atoms with Crippen LogP contribution in [0.4, 0.5) is 0 Å². The van der Waals surface area contributed by atoms with E-state index in [2.05, 4.69) is 38.7 Å². The van der Waals surface area contributed by atoms with Gasteiger partial charge in [-0.1, -0.05) is 59.8 Å². The number of hydrogen-bond acceptors (Lipinski definition) is 4. The molecule has 0 atom stereocenters. The van der Waals surface area contributed by atoms with Gasteiger partial charge in [-0.3, -0.25) is 9.69 Å². The highest BCUT2D eigenvalue weighted by atomic mass is 16.1. The van der Waals surface area contributed by atoms with Gasteiger partial charge in [0.1, 0.15) is 5.69 Å². The molecule has 0 bridgehead atoms. The van der Waals surface area contributed by atoms with Gasteiger partial charge in [0.25, 0.3) is 0 Å². The largest absolute Gasteiger partial charge is 0.348 e. The zero-order valence-corrected chi connectivity index (χ0v) is 17.1. The number of aromatic nitrogens is 3. The molecule has 1 N–H and O–H groups in total. The molecule has 1 aliphatic rings. The molecule has 1 aliphatic heterocycles. The van der Waals surface area contributed by atoms with Gasteiger partial charge in [0.15, 0.2) is 0 Å². The van der Waals surface area contributed by atoms with Crippen molar-refractivity contribution in [3.05, 3.63) is 89.3 Å². The third-order valence-corrected chi connectivity index (χ3v) is 5.31. The van der Waals surface area contributed by atoms with Crippen LogP contribution in [0.1, 0.15) is 35.2 Å². The number of benzene rings is 2. The normalized spacial score (nSPS) is 14.4. The molecular formula is C24H27N5O. The number of likely N-dealkylation sites (tertiary alicyclic amines) is 1. The van der Waals surface area contributed by atoms with Crippen molar-refractivity contribution >= 4 is 12.0 Å². The lowest BCUT2D eigenvalue weighted by Crippen LogP contribution is -2.23. The monoisotopic (exact) mass is 401 g/mol. The molecule has 2 heterocycles. The van der Waals surface area contributed by atoms with Gasteiger partial charge in [-0.15, -0.1) is 5.10 Å². The summed E-state index contributed by atoms with van der Waals surface area (Å²) in [6.45, 7) is 4.45. The fourth-order valence-electron chi connectivity index (χ4n) is 3.71. The maximum atomic E-state index is 12.3. The molecule has 0 saturated carbocycles. The third kappa shape index (κ3) is 5.64. The Morgan fingerprint density at radius 1 is 0.967 bits per heavy atom. The summed E-state index contributed by atoms with van der Waals surface area (Å²) in [5.74, 6) is -0.136. The Morgan fingerprint density at radius 3 is 2.50 bits per heavy atom. The lowest BCUT2D eigenvalue weighted by atomic mass is 10.1. The van der Waals surface area contributed by atoms with Gasteiger partial charge in [-0.25, -0.2) is 4.68 Å². The summed E-state index contributed by atoms with van der Waals surface area (Å²) < 4.78 is 1.77. The molecular weight excluding hydrogens is 374 g/mol. The van der Waals surface area contributed by atoms with E-state index in [1.165, 1.54) is 30.0 Å². The maximum absolute atomic E-state index is 12.3. The predicted octanol–water partition coefficient (Wildman–Crippen LogP) is 3.25. The first kappa shape index (κ1) is 20.0. The van der Waals surface area contributed by atoms with E-state index in [0.717, 1.165) is 25.2 Å². The molecule has 6 nitrogen and oxygen atoms in total. The Hall–Kier alpha value is -3.25. The second-order valence-electron chi connectivity index (χ2n) is 7.63. The zero-order valence-electron chi connectivity index (χ0n) is 17.1. The van der Waals surface area contributed by atoms with E-state index >= 15 is 0 Å². The fraction of sp³-hybridized carbons (Fsp3) is 0.292. The van der Waals surface area contributed by atoms with Crippen molar-refractivity contribution in [1.82, 2.24) is 25.2 Å². The molecule has 1 saturated heterocycles. The first-order valence-corrected chi connectivity index (χ1v) is 10.5. The van der Waals surface area contributed by atoms with E-state index < -0.39 is 0 Å². The molecule has 6 heteroatoms. The van der Waals surface area contributed by atoms with Gasteiger partial charge in [-0.2, -0.15) is 0 Å². The van der Waals surface area contributed by atoms with Gasteiger partial charge < -0.3 is 5.32 Å².